The molecule has 0 aliphatic carbocycles. The Kier molecular flexibility index (Phi) is 8.71. The van der Waals surface area contributed by atoms with Crippen LogP contribution >= 0.6 is 0 Å². The maximum absolute atomic E-state index is 6.30. The zero-order valence-corrected chi connectivity index (χ0v) is 30.0. The van der Waals surface area contributed by atoms with Gasteiger partial charge in [-0.2, -0.15) is 6.07 Å². The fourth-order valence-electron chi connectivity index (χ4n) is 6.17. The second kappa shape index (κ2) is 12.6. The van der Waals surface area contributed by atoms with Crippen LogP contribution < -0.4 is 9.72 Å². The van der Waals surface area contributed by atoms with Crippen LogP contribution in [0.5, 0.6) is 11.6 Å². The van der Waals surface area contributed by atoms with Crippen LogP contribution in [-0.4, -0.2) is 24.1 Å². The van der Waals surface area contributed by atoms with Crippen molar-refractivity contribution in [2.45, 2.75) is 65.7 Å². The summed E-state index contributed by atoms with van der Waals surface area (Å²) in [6.45, 7) is 15.5. The van der Waals surface area contributed by atoms with E-state index >= 15 is 0 Å². The van der Waals surface area contributed by atoms with Gasteiger partial charge in [-0.3, -0.25) is 4.57 Å². The van der Waals surface area contributed by atoms with Crippen LogP contribution in [0.3, 0.4) is 0 Å². The standard InChI is InChI=1S/C39H38N6O.Pt/c1-24(2)28-12-10-13-29(25(3)4)36(28)44-20-19-41-38(44)37-42-23-35(43-37)46-27-15-16-31-30-11-8-9-14-32(30)45(33(31)22-27)34-21-26(17-18-40-34)39(5,6)7;/h8-21,23-25H,1-7H3;/q-2;+2. The molecule has 0 unspecified atom stereocenters. The van der Waals surface area contributed by atoms with Crippen molar-refractivity contribution in [2.24, 2.45) is 0 Å². The number of imidazole rings is 2. The van der Waals surface area contributed by atoms with E-state index in [-0.39, 0.29) is 26.5 Å². The first-order chi connectivity index (χ1) is 22.1. The average Bonchev–Trinajstić information content (AvgIpc) is 3.77. The van der Waals surface area contributed by atoms with E-state index < -0.39 is 0 Å². The van der Waals surface area contributed by atoms with E-state index in [1.165, 1.54) is 16.7 Å². The maximum atomic E-state index is 6.30. The second-order valence-electron chi connectivity index (χ2n) is 13.4. The van der Waals surface area contributed by atoms with Crippen LogP contribution in [0.25, 0.3) is 45.0 Å². The van der Waals surface area contributed by atoms with Gasteiger partial charge in [0, 0.05) is 29.9 Å². The van der Waals surface area contributed by atoms with Gasteiger partial charge in [0.2, 0.25) is 0 Å². The van der Waals surface area contributed by atoms with Crippen molar-refractivity contribution in [3.8, 4) is 34.8 Å². The van der Waals surface area contributed by atoms with Crippen molar-refractivity contribution in [3.63, 3.8) is 0 Å². The predicted molar refractivity (Wildman–Crippen MR) is 184 cm³/mol. The molecule has 7 aromatic rings. The van der Waals surface area contributed by atoms with Gasteiger partial charge in [-0.25, -0.2) is 9.97 Å². The van der Waals surface area contributed by atoms with Gasteiger partial charge in [0.05, 0.1) is 5.69 Å². The zero-order valence-electron chi connectivity index (χ0n) is 27.7. The fraction of sp³-hybridized carbons (Fsp3) is 0.256. The van der Waals surface area contributed by atoms with Crippen LogP contribution in [0.15, 0.2) is 91.5 Å². The molecule has 0 aliphatic heterocycles. The smallest absolute Gasteiger partial charge is 0.487 e. The Labute approximate surface area is 290 Å². The van der Waals surface area contributed by atoms with Gasteiger partial charge in [-0.1, -0.05) is 90.4 Å². The predicted octanol–water partition coefficient (Wildman–Crippen LogP) is 9.52. The molecule has 0 atom stereocenters. The van der Waals surface area contributed by atoms with E-state index in [9.17, 15) is 0 Å². The van der Waals surface area contributed by atoms with Crippen LogP contribution in [-0.2, 0) is 26.5 Å². The Balaban J connectivity index is 0.00000386. The molecule has 0 bridgehead atoms. The number of aromatic nitrogens is 6. The fourth-order valence-corrected chi connectivity index (χ4v) is 6.17. The first-order valence-electron chi connectivity index (χ1n) is 15.9. The van der Waals surface area contributed by atoms with E-state index in [0.29, 0.717) is 35.1 Å². The molecule has 240 valence electrons. The number of para-hydroxylation sites is 2. The Morgan fingerprint density at radius 2 is 1.55 bits per heavy atom. The molecule has 4 aromatic heterocycles. The van der Waals surface area contributed by atoms with Crippen molar-refractivity contribution >= 4 is 21.8 Å². The molecular formula is C39H38N6OPt. The van der Waals surface area contributed by atoms with E-state index in [1.54, 1.807) is 12.4 Å². The Morgan fingerprint density at radius 1 is 0.809 bits per heavy atom. The Morgan fingerprint density at radius 3 is 2.28 bits per heavy atom. The van der Waals surface area contributed by atoms with Crippen molar-refractivity contribution < 1.29 is 25.8 Å². The van der Waals surface area contributed by atoms with E-state index in [2.05, 4.69) is 134 Å². The molecule has 0 aliphatic rings. The molecule has 0 spiro atoms. The molecule has 0 N–H and O–H groups in total. The first-order valence-corrected chi connectivity index (χ1v) is 15.9. The summed E-state index contributed by atoms with van der Waals surface area (Å²) in [6.07, 6.45) is 7.32. The SMILES string of the molecule is CC(C)c1cccc(C(C)C)c1-n1ccnc1-c1ncc(Oc2[c-]c3c(cc2)c2ccccc2n3-c2cc(C(C)(C)C)ccn2)[n-]1.[Pt+2]. The quantitative estimate of drug-likeness (QED) is 0.150. The Bertz CT molecular complexity index is 2170. The largest absolute Gasteiger partial charge is 2.00 e. The van der Waals surface area contributed by atoms with Gasteiger partial charge < -0.3 is 19.3 Å². The molecule has 8 heteroatoms. The molecule has 0 radical (unpaired) electrons. The summed E-state index contributed by atoms with van der Waals surface area (Å²) in [5.41, 5.74) is 6.81. The normalized spacial score (nSPS) is 11.9. The molecule has 0 saturated carbocycles. The van der Waals surface area contributed by atoms with Crippen LogP contribution in [0.2, 0.25) is 0 Å². The second-order valence-corrected chi connectivity index (χ2v) is 13.4. The third-order valence-electron chi connectivity index (χ3n) is 8.55. The summed E-state index contributed by atoms with van der Waals surface area (Å²) < 4.78 is 10.6. The van der Waals surface area contributed by atoms with Crippen molar-refractivity contribution in [2.75, 3.05) is 0 Å². The summed E-state index contributed by atoms with van der Waals surface area (Å²) in [7, 11) is 0. The summed E-state index contributed by atoms with van der Waals surface area (Å²) in [4.78, 5) is 18.9. The van der Waals surface area contributed by atoms with Gasteiger partial charge in [-0.05, 0) is 69.5 Å². The number of nitrogens with zero attached hydrogens (tertiary/aromatic N) is 6. The molecule has 3 aromatic carbocycles. The minimum Gasteiger partial charge on any atom is -0.487 e. The minimum atomic E-state index is -0.00939. The van der Waals surface area contributed by atoms with E-state index in [4.69, 9.17) is 14.7 Å². The molecule has 0 fully saturated rings. The number of fused-ring (bicyclic) bond motifs is 3. The third-order valence-corrected chi connectivity index (χ3v) is 8.55. The number of hydrogen-bond donors (Lipinski definition) is 0. The molecule has 47 heavy (non-hydrogen) atoms. The number of rotatable bonds is 7. The Hall–Kier alpha value is -4.48. The molecule has 0 saturated heterocycles. The monoisotopic (exact) mass is 801 g/mol. The van der Waals surface area contributed by atoms with Gasteiger partial charge in [0.1, 0.15) is 17.5 Å². The molecular weight excluding hydrogens is 764 g/mol. The summed E-state index contributed by atoms with van der Waals surface area (Å²) in [6, 6.07) is 26.7. The molecule has 7 nitrogen and oxygen atoms in total. The number of benzene rings is 3. The van der Waals surface area contributed by atoms with Crippen LogP contribution in [0.4, 0.5) is 0 Å². The molecule has 0 amide bonds. The zero-order chi connectivity index (χ0) is 32.2. The number of ether oxygens (including phenoxy) is 1. The average molecular weight is 802 g/mol. The van der Waals surface area contributed by atoms with Crippen LogP contribution in [0, 0.1) is 6.07 Å². The van der Waals surface area contributed by atoms with Gasteiger partial charge in [-0.15, -0.1) is 17.5 Å². The van der Waals surface area contributed by atoms with Gasteiger partial charge >= 0.3 is 21.1 Å². The van der Waals surface area contributed by atoms with Crippen molar-refractivity contribution in [1.29, 1.82) is 0 Å². The molecule has 4 heterocycles. The summed E-state index contributed by atoms with van der Waals surface area (Å²) in [5, 5.41) is 2.21. The maximum Gasteiger partial charge on any atom is 2.00 e. The summed E-state index contributed by atoms with van der Waals surface area (Å²) in [5.74, 6) is 3.64. The third kappa shape index (κ3) is 5.94. The summed E-state index contributed by atoms with van der Waals surface area (Å²) >= 11 is 0. The van der Waals surface area contributed by atoms with Crippen molar-refractivity contribution in [1.82, 2.24) is 29.1 Å². The minimum absolute atomic E-state index is 0. The van der Waals surface area contributed by atoms with E-state index in [0.717, 1.165) is 33.3 Å². The van der Waals surface area contributed by atoms with Crippen LogP contribution in [0.1, 0.15) is 77.0 Å². The number of hydrogen-bond acceptors (Lipinski definition) is 4. The van der Waals surface area contributed by atoms with Gasteiger partial charge in [0.25, 0.3) is 0 Å². The topological polar surface area (TPSA) is 71.9 Å². The van der Waals surface area contributed by atoms with E-state index in [1.807, 2.05) is 18.5 Å². The van der Waals surface area contributed by atoms with Crippen molar-refractivity contribution in [3.05, 3.63) is 114 Å². The van der Waals surface area contributed by atoms with Gasteiger partial charge in [0.15, 0.2) is 0 Å². The number of pyridine rings is 1. The first kappa shape index (κ1) is 32.5. The molecule has 7 rings (SSSR count).